The van der Waals surface area contributed by atoms with Gasteiger partial charge in [0.25, 0.3) is 6.01 Å². The van der Waals surface area contributed by atoms with Crippen molar-refractivity contribution in [3.63, 3.8) is 0 Å². The van der Waals surface area contributed by atoms with E-state index in [2.05, 4.69) is 11.6 Å². The summed E-state index contributed by atoms with van der Waals surface area (Å²) in [7, 11) is 3.60. The van der Waals surface area contributed by atoms with Crippen LogP contribution in [0.3, 0.4) is 0 Å². The van der Waals surface area contributed by atoms with E-state index in [1.54, 1.807) is 7.11 Å². The number of rotatable bonds is 8. The number of imidazole rings is 1. The maximum atomic E-state index is 5.74. The molecule has 0 unspecified atom stereocenters. The van der Waals surface area contributed by atoms with E-state index in [-0.39, 0.29) is 0 Å². The van der Waals surface area contributed by atoms with E-state index in [1.807, 2.05) is 48.2 Å². The minimum atomic E-state index is 0.634. The monoisotopic (exact) mass is 286 g/mol. The highest BCUT2D eigenvalue weighted by Gasteiger charge is 2.11. The quantitative estimate of drug-likeness (QED) is 0.546. The molecule has 0 spiro atoms. The summed E-state index contributed by atoms with van der Waals surface area (Å²) in [4.78, 5) is 4.55. The fourth-order valence-electron chi connectivity index (χ4n) is 2.12. The Morgan fingerprint density at radius 1 is 1.29 bits per heavy atom. The van der Waals surface area contributed by atoms with Crippen LogP contribution in [0.5, 0.6) is 11.8 Å². The Morgan fingerprint density at radius 3 is 2.86 bits per heavy atom. The molecule has 4 nitrogen and oxygen atoms in total. The molecule has 0 saturated carbocycles. The molecule has 1 aromatic carbocycles. The van der Waals surface area contributed by atoms with Crippen LogP contribution in [0.25, 0.3) is 11.3 Å². The van der Waals surface area contributed by atoms with Gasteiger partial charge in [-0.05, 0) is 31.4 Å². The fraction of sp³-hybridized carbons (Fsp3) is 0.353. The largest absolute Gasteiger partial charge is 0.496 e. The zero-order chi connectivity index (χ0) is 15.1. The predicted octanol–water partition coefficient (Wildman–Crippen LogP) is 3.83. The van der Waals surface area contributed by atoms with Crippen LogP contribution in [0.2, 0.25) is 0 Å². The first-order chi connectivity index (χ1) is 10.3. The first-order valence-electron chi connectivity index (χ1n) is 7.16. The van der Waals surface area contributed by atoms with Crippen molar-refractivity contribution in [3.05, 3.63) is 43.1 Å². The SMILES string of the molecule is C=CCCCCOc1nc(-c2ccccc2OC)cn1C. The summed E-state index contributed by atoms with van der Waals surface area (Å²) in [5, 5.41) is 0. The van der Waals surface area contributed by atoms with E-state index in [4.69, 9.17) is 9.47 Å². The molecular weight excluding hydrogens is 264 g/mol. The summed E-state index contributed by atoms with van der Waals surface area (Å²) in [6.07, 6.45) is 7.00. The highest BCUT2D eigenvalue weighted by atomic mass is 16.5. The zero-order valence-electron chi connectivity index (χ0n) is 12.7. The average molecular weight is 286 g/mol. The molecule has 0 aliphatic rings. The first-order valence-corrected chi connectivity index (χ1v) is 7.16. The molecule has 0 atom stereocenters. The third-order valence-corrected chi connectivity index (χ3v) is 3.25. The van der Waals surface area contributed by atoms with E-state index in [0.717, 1.165) is 36.3 Å². The highest BCUT2D eigenvalue weighted by molar-refractivity contribution is 5.67. The Labute approximate surface area is 126 Å². The van der Waals surface area contributed by atoms with Crippen molar-refractivity contribution in [2.45, 2.75) is 19.3 Å². The summed E-state index contributed by atoms with van der Waals surface area (Å²) in [5.74, 6) is 0.813. The molecule has 0 aliphatic carbocycles. The number of benzene rings is 1. The molecule has 2 rings (SSSR count). The van der Waals surface area contributed by atoms with Crippen molar-refractivity contribution < 1.29 is 9.47 Å². The first kappa shape index (κ1) is 15.2. The summed E-state index contributed by atoms with van der Waals surface area (Å²) >= 11 is 0. The van der Waals surface area contributed by atoms with Gasteiger partial charge >= 0.3 is 0 Å². The summed E-state index contributed by atoms with van der Waals surface area (Å²) in [6.45, 7) is 4.39. The van der Waals surface area contributed by atoms with Crippen molar-refractivity contribution in [2.75, 3.05) is 13.7 Å². The van der Waals surface area contributed by atoms with Gasteiger partial charge in [0.15, 0.2) is 0 Å². The number of unbranched alkanes of at least 4 members (excludes halogenated alkanes) is 2. The Bertz CT molecular complexity index is 590. The Morgan fingerprint density at radius 2 is 2.10 bits per heavy atom. The molecule has 1 aromatic heterocycles. The van der Waals surface area contributed by atoms with Crippen LogP contribution in [0.15, 0.2) is 43.1 Å². The second-order valence-corrected chi connectivity index (χ2v) is 4.85. The lowest BCUT2D eigenvalue weighted by Crippen LogP contribution is -2.02. The standard InChI is InChI=1S/C17H22N2O2/c1-4-5-6-9-12-21-17-18-15(13-19(17)2)14-10-7-8-11-16(14)20-3/h4,7-8,10-11,13H,1,5-6,9,12H2,2-3H3. The summed E-state index contributed by atoms with van der Waals surface area (Å²) in [6, 6.07) is 8.48. The van der Waals surface area contributed by atoms with Gasteiger partial charge in [-0.3, -0.25) is 0 Å². The number of aryl methyl sites for hydroxylation is 1. The van der Waals surface area contributed by atoms with Gasteiger partial charge in [-0.15, -0.1) is 6.58 Å². The van der Waals surface area contributed by atoms with Gasteiger partial charge in [-0.25, -0.2) is 0 Å². The number of para-hydroxylation sites is 1. The summed E-state index contributed by atoms with van der Waals surface area (Å²) < 4.78 is 13.0. The van der Waals surface area contributed by atoms with Gasteiger partial charge in [0, 0.05) is 18.8 Å². The normalized spacial score (nSPS) is 10.4. The molecule has 2 aromatic rings. The minimum Gasteiger partial charge on any atom is -0.496 e. The third kappa shape index (κ3) is 3.88. The zero-order valence-corrected chi connectivity index (χ0v) is 12.7. The van der Waals surface area contributed by atoms with Crippen molar-refractivity contribution in [3.8, 4) is 23.0 Å². The van der Waals surface area contributed by atoms with Crippen molar-refractivity contribution in [2.24, 2.45) is 7.05 Å². The van der Waals surface area contributed by atoms with Crippen LogP contribution in [-0.4, -0.2) is 23.3 Å². The number of hydrogen-bond donors (Lipinski definition) is 0. The van der Waals surface area contributed by atoms with E-state index >= 15 is 0 Å². The van der Waals surface area contributed by atoms with Gasteiger partial charge in [0.2, 0.25) is 0 Å². The lowest BCUT2D eigenvalue weighted by Gasteiger charge is -2.05. The number of aromatic nitrogens is 2. The van der Waals surface area contributed by atoms with Gasteiger partial charge in [0.05, 0.1) is 19.4 Å². The minimum absolute atomic E-state index is 0.634. The van der Waals surface area contributed by atoms with Crippen molar-refractivity contribution >= 4 is 0 Å². The van der Waals surface area contributed by atoms with Crippen LogP contribution < -0.4 is 9.47 Å². The number of ether oxygens (including phenoxy) is 2. The van der Waals surface area contributed by atoms with Crippen LogP contribution in [0.1, 0.15) is 19.3 Å². The maximum Gasteiger partial charge on any atom is 0.296 e. The molecule has 112 valence electrons. The van der Waals surface area contributed by atoms with Gasteiger partial charge < -0.3 is 14.0 Å². The van der Waals surface area contributed by atoms with E-state index in [1.165, 1.54) is 0 Å². The van der Waals surface area contributed by atoms with Crippen molar-refractivity contribution in [1.29, 1.82) is 0 Å². The molecule has 0 aliphatic heterocycles. The van der Waals surface area contributed by atoms with Gasteiger partial charge in [-0.2, -0.15) is 4.98 Å². The second kappa shape index (κ2) is 7.53. The van der Waals surface area contributed by atoms with E-state index < -0.39 is 0 Å². The molecule has 0 saturated heterocycles. The Hall–Kier alpha value is -2.23. The Kier molecular flexibility index (Phi) is 5.43. The fourth-order valence-corrected chi connectivity index (χ4v) is 2.12. The maximum absolute atomic E-state index is 5.74. The van der Waals surface area contributed by atoms with E-state index in [9.17, 15) is 0 Å². The predicted molar refractivity (Wildman–Crippen MR) is 84.7 cm³/mol. The molecule has 0 amide bonds. The third-order valence-electron chi connectivity index (χ3n) is 3.25. The molecule has 0 fully saturated rings. The van der Waals surface area contributed by atoms with Crippen LogP contribution in [0, 0.1) is 0 Å². The van der Waals surface area contributed by atoms with Crippen LogP contribution >= 0.6 is 0 Å². The molecule has 21 heavy (non-hydrogen) atoms. The Balaban J connectivity index is 2.06. The second-order valence-electron chi connectivity index (χ2n) is 4.85. The number of methoxy groups -OCH3 is 1. The molecule has 0 bridgehead atoms. The van der Waals surface area contributed by atoms with E-state index in [0.29, 0.717) is 12.6 Å². The molecule has 0 N–H and O–H groups in total. The molecule has 4 heteroatoms. The number of allylic oxidation sites excluding steroid dienone is 1. The topological polar surface area (TPSA) is 36.3 Å². The number of nitrogens with zero attached hydrogens (tertiary/aromatic N) is 2. The van der Waals surface area contributed by atoms with Crippen LogP contribution in [0.4, 0.5) is 0 Å². The smallest absolute Gasteiger partial charge is 0.296 e. The lowest BCUT2D eigenvalue weighted by atomic mass is 10.1. The van der Waals surface area contributed by atoms with Crippen molar-refractivity contribution in [1.82, 2.24) is 9.55 Å². The van der Waals surface area contributed by atoms with Gasteiger partial charge in [-0.1, -0.05) is 18.2 Å². The van der Waals surface area contributed by atoms with Crippen LogP contribution in [-0.2, 0) is 7.05 Å². The average Bonchev–Trinajstić information content (AvgIpc) is 2.88. The molecular formula is C17H22N2O2. The molecule has 0 radical (unpaired) electrons. The summed E-state index contributed by atoms with van der Waals surface area (Å²) in [5.41, 5.74) is 1.83. The number of hydrogen-bond acceptors (Lipinski definition) is 3. The lowest BCUT2D eigenvalue weighted by molar-refractivity contribution is 0.275. The van der Waals surface area contributed by atoms with Gasteiger partial charge in [0.1, 0.15) is 5.75 Å². The molecule has 1 heterocycles. The highest BCUT2D eigenvalue weighted by Crippen LogP contribution is 2.30.